The van der Waals surface area contributed by atoms with Crippen LogP contribution in [0.3, 0.4) is 0 Å². The maximum Gasteiger partial charge on any atom is 0.164 e. The van der Waals surface area contributed by atoms with Crippen LogP contribution >= 0.6 is 0 Å². The fourth-order valence-corrected chi connectivity index (χ4v) is 6.25. The van der Waals surface area contributed by atoms with Crippen molar-refractivity contribution in [1.82, 2.24) is 15.0 Å². The standard InChI is InChI=1S/C41H25N3O/c1-2-10-27(11-3-1)33-15-8-13-29-24-31(19-21-34(29)33)40-42-39(30-18-17-26-9-4-5-12-28(26)23-30)43-41(44-40)32-20-22-36-35-14-6-7-16-37(35)45-38(36)25-32/h1-25H. The van der Waals surface area contributed by atoms with Crippen molar-refractivity contribution in [3.8, 4) is 45.3 Å². The van der Waals surface area contributed by atoms with Crippen LogP contribution in [0.4, 0.5) is 0 Å². The molecule has 0 aliphatic carbocycles. The molecule has 4 heteroatoms. The van der Waals surface area contributed by atoms with Gasteiger partial charge in [0, 0.05) is 27.5 Å². The Morgan fingerprint density at radius 3 is 1.71 bits per heavy atom. The third-order valence-electron chi connectivity index (χ3n) is 8.50. The Morgan fingerprint density at radius 1 is 0.333 bits per heavy atom. The second-order valence-electron chi connectivity index (χ2n) is 11.3. The SMILES string of the molecule is c1ccc(-c2cccc3cc(-c4nc(-c5ccc6ccccc6c5)nc(-c5ccc6c(c5)oc5ccccc56)n4)ccc23)cc1. The van der Waals surface area contributed by atoms with Gasteiger partial charge in [0.15, 0.2) is 17.5 Å². The van der Waals surface area contributed by atoms with E-state index >= 15 is 0 Å². The quantitative estimate of drug-likeness (QED) is 0.209. The fourth-order valence-electron chi connectivity index (χ4n) is 6.25. The highest BCUT2D eigenvalue weighted by atomic mass is 16.3. The summed E-state index contributed by atoms with van der Waals surface area (Å²) in [4.78, 5) is 15.1. The molecule has 0 N–H and O–H groups in total. The number of para-hydroxylation sites is 1. The van der Waals surface area contributed by atoms with Gasteiger partial charge in [-0.05, 0) is 63.0 Å². The highest BCUT2D eigenvalue weighted by Gasteiger charge is 2.16. The van der Waals surface area contributed by atoms with Crippen LogP contribution in [0.5, 0.6) is 0 Å². The van der Waals surface area contributed by atoms with Crippen molar-refractivity contribution in [3.63, 3.8) is 0 Å². The van der Waals surface area contributed by atoms with E-state index < -0.39 is 0 Å². The highest BCUT2D eigenvalue weighted by molar-refractivity contribution is 6.05. The predicted octanol–water partition coefficient (Wildman–Crippen LogP) is 10.7. The van der Waals surface area contributed by atoms with E-state index in [0.29, 0.717) is 17.5 Å². The number of rotatable bonds is 4. The summed E-state index contributed by atoms with van der Waals surface area (Å²) in [5.41, 5.74) is 6.81. The average molecular weight is 576 g/mol. The number of furan rings is 1. The molecule has 9 rings (SSSR count). The predicted molar refractivity (Wildman–Crippen MR) is 184 cm³/mol. The summed E-state index contributed by atoms with van der Waals surface area (Å²) in [5, 5.41) is 6.80. The Hall–Kier alpha value is -6.13. The number of fused-ring (bicyclic) bond motifs is 5. The molecule has 45 heavy (non-hydrogen) atoms. The molecule has 7 aromatic carbocycles. The number of hydrogen-bond donors (Lipinski definition) is 0. The normalized spacial score (nSPS) is 11.6. The highest BCUT2D eigenvalue weighted by Crippen LogP contribution is 2.34. The van der Waals surface area contributed by atoms with E-state index in [0.717, 1.165) is 49.4 Å². The minimum absolute atomic E-state index is 0.601. The number of hydrogen-bond acceptors (Lipinski definition) is 4. The molecule has 210 valence electrons. The fraction of sp³-hybridized carbons (Fsp3) is 0. The molecule has 0 atom stereocenters. The number of aromatic nitrogens is 3. The molecule has 0 bridgehead atoms. The molecular weight excluding hydrogens is 550 g/mol. The van der Waals surface area contributed by atoms with Crippen molar-refractivity contribution >= 4 is 43.5 Å². The zero-order valence-electron chi connectivity index (χ0n) is 24.2. The second-order valence-corrected chi connectivity index (χ2v) is 11.3. The van der Waals surface area contributed by atoms with Gasteiger partial charge in [0.2, 0.25) is 0 Å². The molecular formula is C41H25N3O. The Balaban J connectivity index is 1.23. The second kappa shape index (κ2) is 10.2. The van der Waals surface area contributed by atoms with Crippen molar-refractivity contribution < 1.29 is 4.42 Å². The third-order valence-corrected chi connectivity index (χ3v) is 8.50. The van der Waals surface area contributed by atoms with Gasteiger partial charge in [0.1, 0.15) is 11.2 Å². The summed E-state index contributed by atoms with van der Waals surface area (Å²) in [7, 11) is 0. The first kappa shape index (κ1) is 25.4. The first-order chi connectivity index (χ1) is 22.3. The van der Waals surface area contributed by atoms with Gasteiger partial charge in [0.25, 0.3) is 0 Å². The lowest BCUT2D eigenvalue weighted by molar-refractivity contribution is 0.669. The van der Waals surface area contributed by atoms with Crippen LogP contribution in [0.1, 0.15) is 0 Å². The molecule has 0 fully saturated rings. The molecule has 2 heterocycles. The Kier molecular flexibility index (Phi) is 5.78. The number of nitrogens with zero attached hydrogens (tertiary/aromatic N) is 3. The summed E-state index contributed by atoms with van der Waals surface area (Å²) in [6.07, 6.45) is 0. The van der Waals surface area contributed by atoms with Crippen molar-refractivity contribution in [1.29, 1.82) is 0 Å². The summed E-state index contributed by atoms with van der Waals surface area (Å²) < 4.78 is 6.22. The van der Waals surface area contributed by atoms with Crippen LogP contribution in [-0.2, 0) is 0 Å². The van der Waals surface area contributed by atoms with E-state index in [9.17, 15) is 0 Å². The van der Waals surface area contributed by atoms with Gasteiger partial charge < -0.3 is 4.42 Å². The summed E-state index contributed by atoms with van der Waals surface area (Å²) in [6.45, 7) is 0. The minimum Gasteiger partial charge on any atom is -0.456 e. The van der Waals surface area contributed by atoms with Crippen LogP contribution in [-0.4, -0.2) is 15.0 Å². The first-order valence-corrected chi connectivity index (χ1v) is 15.0. The van der Waals surface area contributed by atoms with Crippen LogP contribution < -0.4 is 0 Å². The summed E-state index contributed by atoms with van der Waals surface area (Å²) in [6, 6.07) is 52.4. The molecule has 2 aromatic heterocycles. The molecule has 0 spiro atoms. The van der Waals surface area contributed by atoms with Gasteiger partial charge >= 0.3 is 0 Å². The summed E-state index contributed by atoms with van der Waals surface area (Å²) >= 11 is 0. The van der Waals surface area contributed by atoms with E-state index in [4.69, 9.17) is 19.4 Å². The van der Waals surface area contributed by atoms with Gasteiger partial charge in [-0.1, -0.05) is 121 Å². The van der Waals surface area contributed by atoms with Crippen LogP contribution in [0.2, 0.25) is 0 Å². The third kappa shape index (κ3) is 4.43. The van der Waals surface area contributed by atoms with E-state index in [-0.39, 0.29) is 0 Å². The molecule has 0 saturated heterocycles. The molecule has 0 amide bonds. The Labute approximate surface area is 259 Å². The maximum atomic E-state index is 6.22. The van der Waals surface area contributed by atoms with Crippen molar-refractivity contribution in [2.45, 2.75) is 0 Å². The van der Waals surface area contributed by atoms with Gasteiger partial charge in [-0.15, -0.1) is 0 Å². The lowest BCUT2D eigenvalue weighted by atomic mass is 9.97. The van der Waals surface area contributed by atoms with E-state index in [1.807, 2.05) is 30.3 Å². The lowest BCUT2D eigenvalue weighted by Gasteiger charge is -2.11. The van der Waals surface area contributed by atoms with E-state index in [1.54, 1.807) is 0 Å². The Morgan fingerprint density at radius 2 is 0.911 bits per heavy atom. The monoisotopic (exact) mass is 575 g/mol. The van der Waals surface area contributed by atoms with Crippen LogP contribution in [0.25, 0.3) is 88.8 Å². The maximum absolute atomic E-state index is 6.22. The van der Waals surface area contributed by atoms with Gasteiger partial charge in [-0.25, -0.2) is 15.0 Å². The van der Waals surface area contributed by atoms with Gasteiger partial charge in [-0.3, -0.25) is 0 Å². The van der Waals surface area contributed by atoms with Crippen molar-refractivity contribution in [2.24, 2.45) is 0 Å². The molecule has 4 nitrogen and oxygen atoms in total. The molecule has 0 unspecified atom stereocenters. The van der Waals surface area contributed by atoms with Gasteiger partial charge in [-0.2, -0.15) is 0 Å². The van der Waals surface area contributed by atoms with Crippen molar-refractivity contribution in [3.05, 3.63) is 152 Å². The molecule has 0 aliphatic heterocycles. The van der Waals surface area contributed by atoms with Crippen molar-refractivity contribution in [2.75, 3.05) is 0 Å². The molecule has 0 radical (unpaired) electrons. The summed E-state index contributed by atoms with van der Waals surface area (Å²) in [5.74, 6) is 1.85. The zero-order valence-corrected chi connectivity index (χ0v) is 24.2. The average Bonchev–Trinajstić information content (AvgIpc) is 3.49. The van der Waals surface area contributed by atoms with Crippen LogP contribution in [0.15, 0.2) is 156 Å². The van der Waals surface area contributed by atoms with Crippen LogP contribution in [0, 0.1) is 0 Å². The zero-order chi connectivity index (χ0) is 29.7. The van der Waals surface area contributed by atoms with E-state index in [2.05, 4.69) is 121 Å². The van der Waals surface area contributed by atoms with Gasteiger partial charge in [0.05, 0.1) is 0 Å². The molecule has 0 saturated carbocycles. The topological polar surface area (TPSA) is 51.8 Å². The number of benzene rings is 7. The first-order valence-electron chi connectivity index (χ1n) is 15.0. The smallest absolute Gasteiger partial charge is 0.164 e. The largest absolute Gasteiger partial charge is 0.456 e. The lowest BCUT2D eigenvalue weighted by Crippen LogP contribution is -2.00. The molecule has 0 aliphatic rings. The van der Waals surface area contributed by atoms with E-state index in [1.165, 1.54) is 21.9 Å². The minimum atomic E-state index is 0.601. The Bertz CT molecular complexity index is 2550. The molecule has 9 aromatic rings.